The summed E-state index contributed by atoms with van der Waals surface area (Å²) in [5.74, 6) is 0.555. The first-order valence-electron chi connectivity index (χ1n) is 7.61. The fourth-order valence-electron chi connectivity index (χ4n) is 2.93. The van der Waals surface area contributed by atoms with Crippen molar-refractivity contribution in [1.29, 1.82) is 0 Å². The molecule has 1 heterocycles. The van der Waals surface area contributed by atoms with E-state index in [-0.39, 0.29) is 17.2 Å². The molecular formula is C17H24ClNO. The Hall–Kier alpha value is -1.02. The van der Waals surface area contributed by atoms with Crippen LogP contribution in [-0.4, -0.2) is 29.3 Å². The van der Waals surface area contributed by atoms with E-state index >= 15 is 0 Å². The lowest BCUT2D eigenvalue weighted by molar-refractivity contribution is -0.134. The fourth-order valence-corrected chi connectivity index (χ4v) is 3.25. The van der Waals surface area contributed by atoms with Gasteiger partial charge in [0.15, 0.2) is 0 Å². The average molecular weight is 294 g/mol. The number of alkyl halides is 1. The number of carbonyl (C=O) groups excluding carboxylic acids is 1. The van der Waals surface area contributed by atoms with Crippen molar-refractivity contribution in [3.05, 3.63) is 35.9 Å². The van der Waals surface area contributed by atoms with Crippen LogP contribution in [0.3, 0.4) is 0 Å². The molecule has 1 fully saturated rings. The molecule has 0 bridgehead atoms. The van der Waals surface area contributed by atoms with Gasteiger partial charge in [-0.2, -0.15) is 0 Å². The van der Waals surface area contributed by atoms with Gasteiger partial charge >= 0.3 is 0 Å². The molecule has 20 heavy (non-hydrogen) atoms. The summed E-state index contributed by atoms with van der Waals surface area (Å²) in [6, 6.07) is 10.2. The average Bonchev–Trinajstić information content (AvgIpc) is 2.48. The van der Waals surface area contributed by atoms with Crippen molar-refractivity contribution < 1.29 is 4.79 Å². The molecular weight excluding hydrogens is 270 g/mol. The standard InChI is InChI=1S/C17H24ClNO/c1-3-13(2)16(14-8-5-4-6-9-14)17(20)19-11-7-10-15(18)12-19/h4-6,8-9,13,15-16H,3,7,10-12H2,1-2H3. The van der Waals surface area contributed by atoms with E-state index in [2.05, 4.69) is 26.0 Å². The van der Waals surface area contributed by atoms with E-state index in [1.807, 2.05) is 23.1 Å². The van der Waals surface area contributed by atoms with E-state index in [0.29, 0.717) is 12.5 Å². The lowest BCUT2D eigenvalue weighted by Gasteiger charge is -2.34. The number of piperidine rings is 1. The van der Waals surface area contributed by atoms with Crippen molar-refractivity contribution in [2.75, 3.05) is 13.1 Å². The lowest BCUT2D eigenvalue weighted by Crippen LogP contribution is -2.44. The lowest BCUT2D eigenvalue weighted by atomic mass is 9.84. The van der Waals surface area contributed by atoms with Gasteiger partial charge in [-0.05, 0) is 24.3 Å². The Morgan fingerprint density at radius 3 is 2.70 bits per heavy atom. The van der Waals surface area contributed by atoms with Crippen LogP contribution in [0.2, 0.25) is 0 Å². The molecule has 3 atom stereocenters. The van der Waals surface area contributed by atoms with Crippen LogP contribution in [-0.2, 0) is 4.79 Å². The molecule has 0 N–H and O–H groups in total. The van der Waals surface area contributed by atoms with Gasteiger partial charge in [-0.3, -0.25) is 4.79 Å². The summed E-state index contributed by atoms with van der Waals surface area (Å²) in [6.45, 7) is 5.86. The molecule has 1 aliphatic rings. The molecule has 3 unspecified atom stereocenters. The van der Waals surface area contributed by atoms with Crippen molar-refractivity contribution in [1.82, 2.24) is 4.90 Å². The SMILES string of the molecule is CCC(C)C(C(=O)N1CCCC(Cl)C1)c1ccccc1. The first kappa shape index (κ1) is 15.4. The second-order valence-corrected chi connectivity index (χ2v) is 6.41. The van der Waals surface area contributed by atoms with Crippen molar-refractivity contribution in [2.24, 2.45) is 5.92 Å². The highest BCUT2D eigenvalue weighted by atomic mass is 35.5. The van der Waals surface area contributed by atoms with Gasteiger partial charge in [0.2, 0.25) is 5.91 Å². The fraction of sp³-hybridized carbons (Fsp3) is 0.588. The third-order valence-electron chi connectivity index (χ3n) is 4.31. The predicted molar refractivity (Wildman–Crippen MR) is 84.1 cm³/mol. The van der Waals surface area contributed by atoms with Gasteiger partial charge in [0, 0.05) is 13.1 Å². The summed E-state index contributed by atoms with van der Waals surface area (Å²) in [6.07, 6.45) is 3.04. The van der Waals surface area contributed by atoms with Gasteiger partial charge in [-0.1, -0.05) is 50.6 Å². The minimum Gasteiger partial charge on any atom is -0.341 e. The highest BCUT2D eigenvalue weighted by Gasteiger charge is 2.32. The van der Waals surface area contributed by atoms with Crippen LogP contribution >= 0.6 is 11.6 Å². The smallest absolute Gasteiger partial charge is 0.230 e. The number of halogens is 1. The molecule has 0 aliphatic carbocycles. The number of nitrogens with zero attached hydrogens (tertiary/aromatic N) is 1. The van der Waals surface area contributed by atoms with Crippen LogP contribution in [0.15, 0.2) is 30.3 Å². The van der Waals surface area contributed by atoms with Gasteiger partial charge in [0.25, 0.3) is 0 Å². The van der Waals surface area contributed by atoms with E-state index in [4.69, 9.17) is 11.6 Å². The third kappa shape index (κ3) is 3.54. The topological polar surface area (TPSA) is 20.3 Å². The van der Waals surface area contributed by atoms with E-state index in [0.717, 1.165) is 31.4 Å². The van der Waals surface area contributed by atoms with Gasteiger partial charge in [-0.25, -0.2) is 0 Å². The van der Waals surface area contributed by atoms with Crippen LogP contribution in [0.5, 0.6) is 0 Å². The maximum Gasteiger partial charge on any atom is 0.230 e. The Morgan fingerprint density at radius 1 is 1.40 bits per heavy atom. The molecule has 0 saturated carbocycles. The molecule has 0 radical (unpaired) electrons. The Morgan fingerprint density at radius 2 is 2.10 bits per heavy atom. The Balaban J connectivity index is 2.20. The summed E-state index contributed by atoms with van der Waals surface area (Å²) in [7, 11) is 0. The van der Waals surface area contributed by atoms with Gasteiger partial charge in [0.05, 0.1) is 11.3 Å². The molecule has 110 valence electrons. The molecule has 3 heteroatoms. The highest BCUT2D eigenvalue weighted by Crippen LogP contribution is 2.30. The zero-order valence-corrected chi connectivity index (χ0v) is 13.1. The number of hydrogen-bond acceptors (Lipinski definition) is 1. The summed E-state index contributed by atoms with van der Waals surface area (Å²) in [5.41, 5.74) is 1.13. The first-order valence-corrected chi connectivity index (χ1v) is 8.05. The quantitative estimate of drug-likeness (QED) is 0.767. The molecule has 1 aromatic rings. The summed E-state index contributed by atoms with van der Waals surface area (Å²) in [4.78, 5) is 14.9. The van der Waals surface area contributed by atoms with Crippen LogP contribution in [0, 0.1) is 5.92 Å². The van der Waals surface area contributed by atoms with E-state index in [1.54, 1.807) is 0 Å². The van der Waals surface area contributed by atoms with Gasteiger partial charge in [0.1, 0.15) is 0 Å². The Bertz CT molecular complexity index is 434. The van der Waals surface area contributed by atoms with Crippen LogP contribution in [0.4, 0.5) is 0 Å². The summed E-state index contributed by atoms with van der Waals surface area (Å²) >= 11 is 6.23. The number of likely N-dealkylation sites (tertiary alicyclic amines) is 1. The number of amides is 1. The number of benzene rings is 1. The largest absolute Gasteiger partial charge is 0.341 e. The molecule has 1 saturated heterocycles. The van der Waals surface area contributed by atoms with Gasteiger partial charge < -0.3 is 4.90 Å². The molecule has 1 amide bonds. The zero-order chi connectivity index (χ0) is 14.5. The minimum absolute atomic E-state index is 0.0387. The maximum atomic E-state index is 12.9. The predicted octanol–water partition coefficient (Wildman–Crippen LogP) is 4.05. The third-order valence-corrected chi connectivity index (χ3v) is 4.67. The van der Waals surface area contributed by atoms with E-state index < -0.39 is 0 Å². The molecule has 0 spiro atoms. The van der Waals surface area contributed by atoms with Crippen molar-refractivity contribution in [3.63, 3.8) is 0 Å². The minimum atomic E-state index is -0.0387. The number of rotatable bonds is 4. The van der Waals surface area contributed by atoms with Crippen LogP contribution in [0.25, 0.3) is 0 Å². The van der Waals surface area contributed by atoms with E-state index in [1.165, 1.54) is 0 Å². The molecule has 2 rings (SSSR count). The number of hydrogen-bond donors (Lipinski definition) is 0. The summed E-state index contributed by atoms with van der Waals surface area (Å²) < 4.78 is 0. The second-order valence-electron chi connectivity index (χ2n) is 5.80. The Labute approximate surface area is 127 Å². The molecule has 0 aromatic heterocycles. The van der Waals surface area contributed by atoms with Crippen LogP contribution < -0.4 is 0 Å². The van der Waals surface area contributed by atoms with Crippen molar-refractivity contribution in [2.45, 2.75) is 44.4 Å². The number of carbonyl (C=O) groups is 1. The highest BCUT2D eigenvalue weighted by molar-refractivity contribution is 6.21. The van der Waals surface area contributed by atoms with Crippen LogP contribution in [0.1, 0.15) is 44.6 Å². The van der Waals surface area contributed by atoms with Gasteiger partial charge in [-0.15, -0.1) is 11.6 Å². The Kier molecular flexibility index (Phi) is 5.47. The molecule has 2 nitrogen and oxygen atoms in total. The first-order chi connectivity index (χ1) is 9.63. The van der Waals surface area contributed by atoms with Crippen molar-refractivity contribution >= 4 is 17.5 Å². The molecule has 1 aromatic carbocycles. The molecule has 1 aliphatic heterocycles. The zero-order valence-electron chi connectivity index (χ0n) is 12.4. The van der Waals surface area contributed by atoms with E-state index in [9.17, 15) is 4.79 Å². The second kappa shape index (κ2) is 7.12. The van der Waals surface area contributed by atoms with Crippen molar-refractivity contribution in [3.8, 4) is 0 Å². The monoisotopic (exact) mass is 293 g/mol. The normalized spacial score (nSPS) is 22.4. The maximum absolute atomic E-state index is 12.9. The summed E-state index contributed by atoms with van der Waals surface area (Å²) in [5, 5.41) is 0.112.